The number of aromatic nitrogens is 2. The van der Waals surface area contributed by atoms with Crippen molar-refractivity contribution in [3.63, 3.8) is 0 Å². The molecule has 0 N–H and O–H groups in total. The minimum Gasteiger partial charge on any atom is -0.327 e. The van der Waals surface area contributed by atoms with E-state index in [-0.39, 0.29) is 0 Å². The predicted octanol–water partition coefficient (Wildman–Crippen LogP) is 3.45. The number of imidazole rings is 1. The van der Waals surface area contributed by atoms with Crippen LogP contribution in [-0.2, 0) is 12.4 Å². The number of alkyl halides is 1. The maximum Gasteiger partial charge on any atom is 0.124 e. The molecule has 4 heteroatoms. The zero-order valence-electron chi connectivity index (χ0n) is 7.80. The van der Waals surface area contributed by atoms with Crippen molar-refractivity contribution < 1.29 is 0 Å². The van der Waals surface area contributed by atoms with Crippen molar-refractivity contribution in [1.29, 1.82) is 0 Å². The Balaban J connectivity index is 2.73. The second-order valence-electron chi connectivity index (χ2n) is 3.04. The molecule has 0 aliphatic heterocycles. The van der Waals surface area contributed by atoms with Crippen molar-refractivity contribution in [3.05, 3.63) is 29.0 Å². The van der Waals surface area contributed by atoms with E-state index in [2.05, 4.69) is 16.5 Å². The van der Waals surface area contributed by atoms with Crippen molar-refractivity contribution in [2.75, 3.05) is 0 Å². The third kappa shape index (κ3) is 1.49. The molecule has 0 amide bonds. The van der Waals surface area contributed by atoms with Crippen molar-refractivity contribution in [2.24, 2.45) is 0 Å². The van der Waals surface area contributed by atoms with Gasteiger partial charge in [-0.2, -0.15) is 0 Å². The molecule has 0 spiro atoms. The van der Waals surface area contributed by atoms with Gasteiger partial charge >= 0.3 is 0 Å². The van der Waals surface area contributed by atoms with Gasteiger partial charge < -0.3 is 4.57 Å². The van der Waals surface area contributed by atoms with Gasteiger partial charge in [-0.05, 0) is 25.1 Å². The Kier molecular flexibility index (Phi) is 2.66. The molecule has 14 heavy (non-hydrogen) atoms. The van der Waals surface area contributed by atoms with Crippen molar-refractivity contribution in [3.8, 4) is 0 Å². The zero-order valence-corrected chi connectivity index (χ0v) is 9.31. The Morgan fingerprint density at radius 1 is 1.43 bits per heavy atom. The van der Waals surface area contributed by atoms with Crippen LogP contribution in [0, 0.1) is 0 Å². The molecule has 0 fully saturated rings. The van der Waals surface area contributed by atoms with Crippen LogP contribution in [0.1, 0.15) is 12.7 Å². The van der Waals surface area contributed by atoms with E-state index < -0.39 is 0 Å². The molecule has 0 saturated carbocycles. The number of halogens is 2. The van der Waals surface area contributed by atoms with Crippen molar-refractivity contribution in [2.45, 2.75) is 19.3 Å². The number of fused-ring (bicyclic) bond motifs is 1. The van der Waals surface area contributed by atoms with Crippen LogP contribution < -0.4 is 0 Å². The molecule has 2 aromatic rings. The molecule has 0 unspecified atom stereocenters. The van der Waals surface area contributed by atoms with Crippen LogP contribution in [-0.4, -0.2) is 9.55 Å². The third-order valence-electron chi connectivity index (χ3n) is 2.23. The second kappa shape index (κ2) is 3.79. The molecule has 1 aromatic carbocycles. The smallest absolute Gasteiger partial charge is 0.124 e. The van der Waals surface area contributed by atoms with Gasteiger partial charge in [0.1, 0.15) is 5.82 Å². The lowest BCUT2D eigenvalue weighted by Crippen LogP contribution is -1.98. The first-order chi connectivity index (χ1) is 6.76. The molecule has 0 radical (unpaired) electrons. The lowest BCUT2D eigenvalue weighted by Gasteiger charge is -2.02. The fourth-order valence-corrected chi connectivity index (χ4v) is 1.98. The lowest BCUT2D eigenvalue weighted by atomic mass is 10.3. The third-order valence-corrected chi connectivity index (χ3v) is 2.70. The van der Waals surface area contributed by atoms with E-state index in [4.69, 9.17) is 23.2 Å². The molecule has 0 aliphatic carbocycles. The van der Waals surface area contributed by atoms with Gasteiger partial charge in [0, 0.05) is 11.6 Å². The first kappa shape index (κ1) is 9.81. The quantitative estimate of drug-likeness (QED) is 0.721. The highest BCUT2D eigenvalue weighted by atomic mass is 35.5. The van der Waals surface area contributed by atoms with Crippen molar-refractivity contribution in [1.82, 2.24) is 9.55 Å². The molecule has 2 nitrogen and oxygen atoms in total. The molecular formula is C10H10Cl2N2. The van der Waals surface area contributed by atoms with E-state index in [9.17, 15) is 0 Å². The van der Waals surface area contributed by atoms with Gasteiger partial charge in [0.2, 0.25) is 0 Å². The van der Waals surface area contributed by atoms with E-state index in [1.165, 1.54) is 0 Å². The highest BCUT2D eigenvalue weighted by Crippen LogP contribution is 2.21. The maximum atomic E-state index is 5.88. The van der Waals surface area contributed by atoms with E-state index in [1.807, 2.05) is 18.2 Å². The van der Waals surface area contributed by atoms with Crippen LogP contribution in [0.2, 0.25) is 5.02 Å². The fraction of sp³-hybridized carbons (Fsp3) is 0.300. The van der Waals surface area contributed by atoms with Crippen LogP contribution in [0.3, 0.4) is 0 Å². The molecular weight excluding hydrogens is 219 g/mol. The maximum absolute atomic E-state index is 5.88. The summed E-state index contributed by atoms with van der Waals surface area (Å²) in [6, 6.07) is 5.71. The fourth-order valence-electron chi connectivity index (χ4n) is 1.61. The number of hydrogen-bond donors (Lipinski definition) is 0. The average molecular weight is 229 g/mol. The van der Waals surface area contributed by atoms with Gasteiger partial charge in [-0.3, -0.25) is 0 Å². The summed E-state index contributed by atoms with van der Waals surface area (Å²) < 4.78 is 2.10. The molecule has 0 atom stereocenters. The second-order valence-corrected chi connectivity index (χ2v) is 3.74. The Bertz CT molecular complexity index is 462. The minimum atomic E-state index is 0.431. The summed E-state index contributed by atoms with van der Waals surface area (Å²) in [7, 11) is 0. The van der Waals surface area contributed by atoms with Crippen LogP contribution in [0.25, 0.3) is 11.0 Å². The van der Waals surface area contributed by atoms with Gasteiger partial charge in [-0.1, -0.05) is 11.6 Å². The summed E-state index contributed by atoms with van der Waals surface area (Å²) in [6.07, 6.45) is 0. The minimum absolute atomic E-state index is 0.431. The first-order valence-electron chi connectivity index (χ1n) is 4.47. The Morgan fingerprint density at radius 3 is 2.86 bits per heavy atom. The van der Waals surface area contributed by atoms with E-state index in [0.29, 0.717) is 10.9 Å². The molecule has 1 heterocycles. The monoisotopic (exact) mass is 228 g/mol. The number of rotatable bonds is 2. The number of benzene rings is 1. The van der Waals surface area contributed by atoms with Gasteiger partial charge in [0.05, 0.1) is 16.9 Å². The molecule has 1 aromatic heterocycles. The predicted molar refractivity (Wildman–Crippen MR) is 60.0 cm³/mol. The molecule has 0 bridgehead atoms. The van der Waals surface area contributed by atoms with Crippen LogP contribution in [0.4, 0.5) is 0 Å². The topological polar surface area (TPSA) is 17.8 Å². The largest absolute Gasteiger partial charge is 0.327 e. The average Bonchev–Trinajstić information content (AvgIpc) is 2.54. The summed E-state index contributed by atoms with van der Waals surface area (Å²) in [6.45, 7) is 2.95. The number of hydrogen-bond acceptors (Lipinski definition) is 1. The van der Waals surface area contributed by atoms with Crippen molar-refractivity contribution >= 4 is 34.2 Å². The Morgan fingerprint density at radius 2 is 2.21 bits per heavy atom. The highest BCUT2D eigenvalue weighted by molar-refractivity contribution is 6.31. The first-order valence-corrected chi connectivity index (χ1v) is 5.38. The summed E-state index contributed by atoms with van der Waals surface area (Å²) in [5.41, 5.74) is 2.00. The van der Waals surface area contributed by atoms with E-state index in [0.717, 1.165) is 23.4 Å². The van der Waals surface area contributed by atoms with Crippen LogP contribution in [0.15, 0.2) is 18.2 Å². The lowest BCUT2D eigenvalue weighted by molar-refractivity contribution is 0.747. The summed E-state index contributed by atoms with van der Waals surface area (Å²) in [4.78, 5) is 4.41. The molecule has 74 valence electrons. The molecule has 0 aliphatic rings. The van der Waals surface area contributed by atoms with Gasteiger partial charge in [0.25, 0.3) is 0 Å². The van der Waals surface area contributed by atoms with Crippen LogP contribution in [0.5, 0.6) is 0 Å². The number of nitrogens with zero attached hydrogens (tertiary/aromatic N) is 2. The van der Waals surface area contributed by atoms with Gasteiger partial charge in [0.15, 0.2) is 0 Å². The Hall–Kier alpha value is -0.730. The SMILES string of the molecule is CCn1c(CCl)nc2cc(Cl)ccc21. The highest BCUT2D eigenvalue weighted by Gasteiger charge is 2.07. The normalized spacial score (nSPS) is 11.1. The summed E-state index contributed by atoms with van der Waals surface area (Å²) >= 11 is 11.7. The zero-order chi connectivity index (χ0) is 10.1. The Labute approximate surface area is 92.5 Å². The standard InChI is InChI=1S/C10H10Cl2N2/c1-2-14-9-4-3-7(12)5-8(9)13-10(14)6-11/h3-5H,2,6H2,1H3. The van der Waals surface area contributed by atoms with Gasteiger partial charge in [-0.15, -0.1) is 11.6 Å². The molecule has 2 rings (SSSR count). The molecule has 0 saturated heterocycles. The summed E-state index contributed by atoms with van der Waals surface area (Å²) in [5, 5.41) is 0.708. The number of aryl methyl sites for hydroxylation is 1. The summed E-state index contributed by atoms with van der Waals surface area (Å²) in [5.74, 6) is 1.33. The van der Waals surface area contributed by atoms with Crippen LogP contribution >= 0.6 is 23.2 Å². The van der Waals surface area contributed by atoms with Gasteiger partial charge in [-0.25, -0.2) is 4.98 Å². The van der Waals surface area contributed by atoms with E-state index in [1.54, 1.807) is 0 Å². The van der Waals surface area contributed by atoms with E-state index >= 15 is 0 Å².